The Morgan fingerprint density at radius 1 is 1.09 bits per heavy atom. The molecule has 6 heteroatoms. The number of aryl methyl sites for hydroxylation is 1. The summed E-state index contributed by atoms with van der Waals surface area (Å²) in [5.41, 5.74) is 1.46. The summed E-state index contributed by atoms with van der Waals surface area (Å²) in [6, 6.07) is 10.2. The minimum atomic E-state index is -0.620. The molecule has 3 nitrogen and oxygen atoms in total. The van der Waals surface area contributed by atoms with Gasteiger partial charge in [-0.25, -0.2) is 0 Å². The second-order valence-electron chi connectivity index (χ2n) is 5.04. The molecule has 0 bridgehead atoms. The predicted octanol–water partition coefficient (Wildman–Crippen LogP) is 5.75. The lowest BCUT2D eigenvalue weighted by Crippen LogP contribution is -2.32. The van der Waals surface area contributed by atoms with Gasteiger partial charge in [0.1, 0.15) is 5.75 Å². The predicted molar refractivity (Wildman–Crippen MR) is 96.0 cm³/mol. The summed E-state index contributed by atoms with van der Waals surface area (Å²) in [7, 11) is 0. The third-order valence-corrected chi connectivity index (χ3v) is 4.42. The number of rotatable bonds is 5. The Bertz CT molecular complexity index is 719. The van der Waals surface area contributed by atoms with E-state index >= 15 is 0 Å². The molecule has 1 atom stereocenters. The second-order valence-corrected chi connectivity index (χ2v) is 6.27. The molecule has 0 aromatic heterocycles. The molecule has 1 N–H and O–H groups in total. The molecular formula is C17H16Cl3NO2. The number of amides is 1. The van der Waals surface area contributed by atoms with Crippen LogP contribution in [0.25, 0.3) is 0 Å². The van der Waals surface area contributed by atoms with Crippen LogP contribution in [0.1, 0.15) is 18.9 Å². The number of nitrogens with one attached hydrogen (secondary N) is 1. The molecule has 0 saturated heterocycles. The van der Waals surface area contributed by atoms with Crippen molar-refractivity contribution in [3.05, 3.63) is 57.0 Å². The molecule has 122 valence electrons. The van der Waals surface area contributed by atoms with Crippen LogP contribution in [0.3, 0.4) is 0 Å². The van der Waals surface area contributed by atoms with Crippen molar-refractivity contribution < 1.29 is 9.53 Å². The molecule has 0 aliphatic rings. The van der Waals surface area contributed by atoms with Gasteiger partial charge in [-0.05, 0) is 55.3 Å². The van der Waals surface area contributed by atoms with Crippen LogP contribution in [0.5, 0.6) is 5.75 Å². The fourth-order valence-corrected chi connectivity index (χ4v) is 2.39. The van der Waals surface area contributed by atoms with Gasteiger partial charge >= 0.3 is 0 Å². The van der Waals surface area contributed by atoms with Gasteiger partial charge in [0.05, 0.1) is 10.0 Å². The van der Waals surface area contributed by atoms with Crippen molar-refractivity contribution in [2.24, 2.45) is 0 Å². The van der Waals surface area contributed by atoms with Crippen molar-refractivity contribution in [3.8, 4) is 5.75 Å². The van der Waals surface area contributed by atoms with E-state index in [0.717, 1.165) is 5.56 Å². The summed E-state index contributed by atoms with van der Waals surface area (Å²) in [4.78, 5) is 12.4. The number of benzene rings is 2. The summed E-state index contributed by atoms with van der Waals surface area (Å²) in [5.74, 6) is 0.349. The minimum absolute atomic E-state index is 0.251. The van der Waals surface area contributed by atoms with Gasteiger partial charge in [-0.1, -0.05) is 41.7 Å². The van der Waals surface area contributed by atoms with Crippen molar-refractivity contribution >= 4 is 46.4 Å². The first-order valence-corrected chi connectivity index (χ1v) is 8.22. The highest BCUT2D eigenvalue weighted by Gasteiger charge is 2.19. The van der Waals surface area contributed by atoms with Gasteiger partial charge in [0.2, 0.25) is 0 Å². The van der Waals surface area contributed by atoms with Crippen molar-refractivity contribution in [2.45, 2.75) is 26.4 Å². The molecule has 1 amide bonds. The maximum absolute atomic E-state index is 12.4. The molecule has 23 heavy (non-hydrogen) atoms. The topological polar surface area (TPSA) is 38.3 Å². The Labute approximate surface area is 150 Å². The van der Waals surface area contributed by atoms with Crippen LogP contribution in [0, 0.1) is 6.92 Å². The molecule has 0 aliphatic heterocycles. The maximum atomic E-state index is 12.4. The third-order valence-electron chi connectivity index (χ3n) is 3.26. The average Bonchev–Trinajstić information content (AvgIpc) is 2.52. The highest BCUT2D eigenvalue weighted by Crippen LogP contribution is 2.26. The van der Waals surface area contributed by atoms with E-state index < -0.39 is 6.10 Å². The summed E-state index contributed by atoms with van der Waals surface area (Å²) in [5, 5.41) is 4.25. The van der Waals surface area contributed by atoms with Gasteiger partial charge < -0.3 is 10.1 Å². The van der Waals surface area contributed by atoms with E-state index in [1.54, 1.807) is 36.4 Å². The zero-order valence-corrected chi connectivity index (χ0v) is 15.0. The minimum Gasteiger partial charge on any atom is -0.481 e. The number of anilines is 1. The quantitative estimate of drug-likeness (QED) is 0.725. The van der Waals surface area contributed by atoms with Crippen molar-refractivity contribution in [1.29, 1.82) is 0 Å². The van der Waals surface area contributed by atoms with Gasteiger partial charge in [-0.3, -0.25) is 4.79 Å². The lowest BCUT2D eigenvalue weighted by molar-refractivity contribution is -0.122. The molecule has 2 aromatic rings. The van der Waals surface area contributed by atoms with Gasteiger partial charge in [0.15, 0.2) is 6.10 Å². The zero-order valence-electron chi connectivity index (χ0n) is 12.7. The zero-order chi connectivity index (χ0) is 17.0. The monoisotopic (exact) mass is 371 g/mol. The first kappa shape index (κ1) is 17.9. The lowest BCUT2D eigenvalue weighted by atomic mass is 10.2. The summed E-state index contributed by atoms with van der Waals surface area (Å²) in [6.45, 7) is 3.76. The largest absolute Gasteiger partial charge is 0.481 e. The van der Waals surface area contributed by atoms with E-state index in [2.05, 4.69) is 5.32 Å². The third kappa shape index (κ3) is 4.77. The molecule has 0 unspecified atom stereocenters. The Balaban J connectivity index is 2.08. The summed E-state index contributed by atoms with van der Waals surface area (Å²) >= 11 is 17.8. The SMILES string of the molecule is CC[C@H](Oc1ccc(Cl)c(C)c1)C(=O)Nc1ccc(Cl)c(Cl)c1. The molecule has 2 aromatic carbocycles. The first-order valence-electron chi connectivity index (χ1n) is 7.09. The molecule has 0 spiro atoms. The normalized spacial score (nSPS) is 11.9. The molecule has 0 saturated carbocycles. The smallest absolute Gasteiger partial charge is 0.265 e. The van der Waals surface area contributed by atoms with E-state index in [4.69, 9.17) is 39.5 Å². The number of hydrogen-bond acceptors (Lipinski definition) is 2. The van der Waals surface area contributed by atoms with Crippen LogP contribution in [-0.2, 0) is 4.79 Å². The van der Waals surface area contributed by atoms with Crippen molar-refractivity contribution in [1.82, 2.24) is 0 Å². The van der Waals surface area contributed by atoms with Crippen LogP contribution in [0.15, 0.2) is 36.4 Å². The van der Waals surface area contributed by atoms with E-state index in [1.165, 1.54) is 0 Å². The number of carbonyl (C=O) groups is 1. The average molecular weight is 373 g/mol. The van der Waals surface area contributed by atoms with E-state index in [0.29, 0.717) is 32.9 Å². The highest BCUT2D eigenvalue weighted by atomic mass is 35.5. The van der Waals surface area contributed by atoms with Gasteiger partial charge in [0, 0.05) is 10.7 Å². The lowest BCUT2D eigenvalue weighted by Gasteiger charge is -2.18. The van der Waals surface area contributed by atoms with Crippen LogP contribution in [0.2, 0.25) is 15.1 Å². The van der Waals surface area contributed by atoms with Gasteiger partial charge in [-0.2, -0.15) is 0 Å². The summed E-state index contributed by atoms with van der Waals surface area (Å²) in [6.07, 6.45) is -0.0977. The standard InChI is InChI=1S/C17H16Cl3NO2/c1-3-16(23-12-5-7-13(18)10(2)8-12)17(22)21-11-4-6-14(19)15(20)9-11/h4-9,16H,3H2,1-2H3,(H,21,22)/t16-/m0/s1. The fraction of sp³-hybridized carbons (Fsp3) is 0.235. The van der Waals surface area contributed by atoms with Gasteiger partial charge in [-0.15, -0.1) is 0 Å². The Morgan fingerprint density at radius 2 is 1.78 bits per heavy atom. The molecular weight excluding hydrogens is 357 g/mol. The molecule has 0 heterocycles. The molecule has 0 aliphatic carbocycles. The fourth-order valence-electron chi connectivity index (χ4n) is 1.97. The van der Waals surface area contributed by atoms with Gasteiger partial charge in [0.25, 0.3) is 5.91 Å². The van der Waals surface area contributed by atoms with Crippen molar-refractivity contribution in [2.75, 3.05) is 5.32 Å². The Kier molecular flexibility index (Phi) is 6.17. The second kappa shape index (κ2) is 7.91. The number of hydrogen-bond donors (Lipinski definition) is 1. The van der Waals surface area contributed by atoms with E-state index in [-0.39, 0.29) is 5.91 Å². The van der Waals surface area contributed by atoms with Crippen LogP contribution in [0.4, 0.5) is 5.69 Å². The molecule has 0 fully saturated rings. The van der Waals surface area contributed by atoms with Crippen LogP contribution < -0.4 is 10.1 Å². The van der Waals surface area contributed by atoms with Crippen LogP contribution >= 0.6 is 34.8 Å². The number of carbonyl (C=O) groups excluding carboxylic acids is 1. The Hall–Kier alpha value is -1.42. The number of ether oxygens (including phenoxy) is 1. The van der Waals surface area contributed by atoms with E-state index in [9.17, 15) is 4.79 Å². The molecule has 0 radical (unpaired) electrons. The number of halogens is 3. The molecule has 2 rings (SSSR count). The maximum Gasteiger partial charge on any atom is 0.265 e. The summed E-state index contributed by atoms with van der Waals surface area (Å²) < 4.78 is 5.76. The highest BCUT2D eigenvalue weighted by molar-refractivity contribution is 6.42. The first-order chi connectivity index (χ1) is 10.9. The van der Waals surface area contributed by atoms with E-state index in [1.807, 2.05) is 13.8 Å². The van der Waals surface area contributed by atoms with Crippen LogP contribution in [-0.4, -0.2) is 12.0 Å². The Morgan fingerprint density at radius 3 is 2.39 bits per heavy atom. The van der Waals surface area contributed by atoms with Crippen molar-refractivity contribution in [3.63, 3.8) is 0 Å².